The third-order valence-corrected chi connectivity index (χ3v) is 5.05. The molecule has 1 aromatic carbocycles. The highest BCUT2D eigenvalue weighted by Crippen LogP contribution is 2.37. The van der Waals surface area contributed by atoms with Crippen LogP contribution in [-0.2, 0) is 17.8 Å². The minimum absolute atomic E-state index is 0.243. The van der Waals surface area contributed by atoms with E-state index in [0.717, 1.165) is 49.2 Å². The van der Waals surface area contributed by atoms with Gasteiger partial charge in [-0.25, -0.2) is 0 Å². The van der Waals surface area contributed by atoms with Crippen LogP contribution in [0.4, 0.5) is 0 Å². The molecule has 2 N–H and O–H groups in total. The number of nitrogens with two attached hydrogens (primary N) is 1. The van der Waals surface area contributed by atoms with Gasteiger partial charge in [0.15, 0.2) is 0 Å². The predicted octanol–water partition coefficient (Wildman–Crippen LogP) is 1.94. The summed E-state index contributed by atoms with van der Waals surface area (Å²) in [5.41, 5.74) is 7.24. The first kappa shape index (κ1) is 17.4. The van der Waals surface area contributed by atoms with E-state index < -0.39 is 5.54 Å². The van der Waals surface area contributed by atoms with Crippen molar-refractivity contribution in [3.8, 4) is 5.75 Å². The summed E-state index contributed by atoms with van der Waals surface area (Å²) in [5.74, 6) is 0.597. The summed E-state index contributed by atoms with van der Waals surface area (Å²) in [6.07, 6.45) is 8.30. The lowest BCUT2D eigenvalue weighted by molar-refractivity contribution is -0.141. The highest BCUT2D eigenvalue weighted by Gasteiger charge is 2.49. The number of carbonyl (C=O) groups excluding carboxylic acids is 1. The van der Waals surface area contributed by atoms with E-state index in [2.05, 4.69) is 14.9 Å². The van der Waals surface area contributed by atoms with Crippen molar-refractivity contribution < 1.29 is 9.53 Å². The Morgan fingerprint density at radius 3 is 2.84 bits per heavy atom. The number of hydrogen-bond acceptors (Lipinski definition) is 5. The Morgan fingerprint density at radius 1 is 1.36 bits per heavy atom. The zero-order valence-electron chi connectivity index (χ0n) is 14.5. The van der Waals surface area contributed by atoms with Gasteiger partial charge in [-0.15, -0.1) is 0 Å². The molecule has 0 radical (unpaired) electrons. The Balaban J connectivity index is 1.66. The van der Waals surface area contributed by atoms with Crippen LogP contribution >= 0.6 is 0 Å². The Hall–Kier alpha value is -2.47. The number of carbonyl (C=O) groups is 1. The van der Waals surface area contributed by atoms with Crippen LogP contribution in [0.5, 0.6) is 5.75 Å². The predicted molar refractivity (Wildman–Crippen MR) is 94.9 cm³/mol. The van der Waals surface area contributed by atoms with Gasteiger partial charge in [0.1, 0.15) is 11.3 Å². The Kier molecular flexibility index (Phi) is 5.28. The largest absolute Gasteiger partial charge is 0.496 e. The second-order valence-electron chi connectivity index (χ2n) is 6.43. The van der Waals surface area contributed by atoms with Crippen LogP contribution in [0.25, 0.3) is 0 Å². The number of methoxy groups -OCH3 is 1. The molecule has 0 bridgehead atoms. The number of hydrogen-bond donors (Lipinski definition) is 1. The normalized spacial score (nSPS) is 20.0. The van der Waals surface area contributed by atoms with Gasteiger partial charge < -0.3 is 10.5 Å². The molecule has 1 amide bonds. The van der Waals surface area contributed by atoms with Gasteiger partial charge in [0, 0.05) is 37.2 Å². The molecular formula is C19H24N4O2. The molecule has 1 fully saturated rings. The molecule has 0 unspecified atom stereocenters. The first-order valence-corrected chi connectivity index (χ1v) is 8.57. The Labute approximate surface area is 148 Å². The minimum atomic E-state index is -0.566. The monoisotopic (exact) mass is 340 g/mol. The summed E-state index contributed by atoms with van der Waals surface area (Å²) in [6.45, 7) is 1.53. The average Bonchev–Trinajstić information content (AvgIpc) is 2.63. The van der Waals surface area contributed by atoms with Crippen molar-refractivity contribution in [2.75, 3.05) is 13.7 Å². The lowest BCUT2D eigenvalue weighted by atomic mass is 9.78. The minimum Gasteiger partial charge on any atom is -0.496 e. The van der Waals surface area contributed by atoms with E-state index in [1.165, 1.54) is 0 Å². The van der Waals surface area contributed by atoms with Gasteiger partial charge in [0.05, 0.1) is 12.8 Å². The number of rotatable bonds is 8. The fourth-order valence-corrected chi connectivity index (χ4v) is 3.52. The quantitative estimate of drug-likeness (QED) is 0.794. The van der Waals surface area contributed by atoms with Gasteiger partial charge in [-0.3, -0.25) is 19.7 Å². The first-order chi connectivity index (χ1) is 12.2. The van der Waals surface area contributed by atoms with Crippen molar-refractivity contribution in [1.82, 2.24) is 14.9 Å². The highest BCUT2D eigenvalue weighted by atomic mass is 16.5. The van der Waals surface area contributed by atoms with Gasteiger partial charge in [-0.1, -0.05) is 18.2 Å². The molecule has 1 saturated heterocycles. The summed E-state index contributed by atoms with van der Waals surface area (Å²) in [4.78, 5) is 22.8. The van der Waals surface area contributed by atoms with E-state index in [1.54, 1.807) is 25.7 Å². The van der Waals surface area contributed by atoms with Crippen molar-refractivity contribution in [3.05, 3.63) is 54.1 Å². The number of aromatic nitrogens is 2. The molecule has 0 saturated carbocycles. The molecule has 25 heavy (non-hydrogen) atoms. The van der Waals surface area contributed by atoms with Crippen LogP contribution in [-0.4, -0.2) is 40.0 Å². The summed E-state index contributed by atoms with van der Waals surface area (Å²) < 4.78 is 5.42. The molecule has 2 heterocycles. The molecule has 6 nitrogen and oxygen atoms in total. The van der Waals surface area contributed by atoms with Gasteiger partial charge >= 0.3 is 0 Å². The van der Waals surface area contributed by atoms with E-state index in [4.69, 9.17) is 10.5 Å². The van der Waals surface area contributed by atoms with Gasteiger partial charge in [0.25, 0.3) is 0 Å². The highest BCUT2D eigenvalue weighted by molar-refractivity contribution is 5.85. The number of amides is 1. The number of primary amides is 1. The third kappa shape index (κ3) is 3.64. The van der Waals surface area contributed by atoms with Crippen molar-refractivity contribution >= 4 is 5.91 Å². The molecule has 1 aliphatic rings. The molecule has 3 rings (SSSR count). The van der Waals surface area contributed by atoms with Crippen molar-refractivity contribution in [3.63, 3.8) is 0 Å². The molecular weight excluding hydrogens is 316 g/mol. The van der Waals surface area contributed by atoms with Crippen LogP contribution < -0.4 is 10.5 Å². The summed E-state index contributed by atoms with van der Waals surface area (Å²) >= 11 is 0. The first-order valence-electron chi connectivity index (χ1n) is 8.57. The fourth-order valence-electron chi connectivity index (χ4n) is 3.52. The molecule has 1 aliphatic heterocycles. The molecule has 1 aromatic heterocycles. The lowest BCUT2D eigenvalue weighted by Crippen LogP contribution is -2.66. The topological polar surface area (TPSA) is 81.3 Å². The average molecular weight is 340 g/mol. The molecule has 2 aromatic rings. The maximum Gasteiger partial charge on any atom is 0.238 e. The molecule has 132 valence electrons. The standard InChI is InChI=1S/C19H24N4O2/c1-25-17-7-3-2-5-15(17)14-23-12-9-19(23,18(20)24)8-4-6-16-13-21-10-11-22-16/h2-3,5,7,10-11,13H,4,6,8-9,12,14H2,1H3,(H2,20,24)/t19-/m0/s1. The van der Waals surface area contributed by atoms with Gasteiger partial charge in [0.2, 0.25) is 5.91 Å². The number of likely N-dealkylation sites (tertiary alicyclic amines) is 1. The number of benzene rings is 1. The van der Waals surface area contributed by atoms with E-state index in [-0.39, 0.29) is 5.91 Å². The number of ether oxygens (including phenoxy) is 1. The van der Waals surface area contributed by atoms with Crippen LogP contribution in [0.3, 0.4) is 0 Å². The second-order valence-corrected chi connectivity index (χ2v) is 6.43. The Bertz CT molecular complexity index is 722. The maximum absolute atomic E-state index is 12.2. The van der Waals surface area contributed by atoms with E-state index in [1.807, 2.05) is 24.3 Å². The zero-order chi connectivity index (χ0) is 17.7. The fraction of sp³-hybridized carbons (Fsp3) is 0.421. The van der Waals surface area contributed by atoms with Crippen LogP contribution in [0.15, 0.2) is 42.9 Å². The van der Waals surface area contributed by atoms with E-state index >= 15 is 0 Å². The molecule has 1 atom stereocenters. The van der Waals surface area contributed by atoms with Gasteiger partial charge in [-0.05, 0) is 31.7 Å². The summed E-state index contributed by atoms with van der Waals surface area (Å²) in [5, 5.41) is 0. The van der Waals surface area contributed by atoms with Crippen molar-refractivity contribution in [1.29, 1.82) is 0 Å². The second kappa shape index (κ2) is 7.61. The summed E-state index contributed by atoms with van der Waals surface area (Å²) in [7, 11) is 1.66. The summed E-state index contributed by atoms with van der Waals surface area (Å²) in [6, 6.07) is 7.90. The van der Waals surface area contributed by atoms with Crippen LogP contribution in [0.2, 0.25) is 0 Å². The zero-order valence-corrected chi connectivity index (χ0v) is 14.5. The Morgan fingerprint density at radius 2 is 2.20 bits per heavy atom. The van der Waals surface area contributed by atoms with E-state index in [9.17, 15) is 4.79 Å². The van der Waals surface area contributed by atoms with Gasteiger partial charge in [-0.2, -0.15) is 0 Å². The number of nitrogens with zero attached hydrogens (tertiary/aromatic N) is 3. The molecule has 0 aliphatic carbocycles. The lowest BCUT2D eigenvalue weighted by Gasteiger charge is -2.51. The number of para-hydroxylation sites is 1. The van der Waals surface area contributed by atoms with Crippen LogP contribution in [0, 0.1) is 0 Å². The van der Waals surface area contributed by atoms with Crippen molar-refractivity contribution in [2.45, 2.75) is 37.8 Å². The van der Waals surface area contributed by atoms with Crippen LogP contribution in [0.1, 0.15) is 30.5 Å². The molecule has 6 heteroatoms. The van der Waals surface area contributed by atoms with E-state index in [0.29, 0.717) is 6.54 Å². The smallest absolute Gasteiger partial charge is 0.238 e. The number of aryl methyl sites for hydroxylation is 1. The van der Waals surface area contributed by atoms with Crippen molar-refractivity contribution in [2.24, 2.45) is 5.73 Å². The third-order valence-electron chi connectivity index (χ3n) is 5.05. The molecule has 0 spiro atoms. The maximum atomic E-state index is 12.2. The SMILES string of the molecule is COc1ccccc1CN1CC[C@@]1(CCCc1cnccn1)C(N)=O.